The molecule has 0 aliphatic heterocycles. The molecule has 1 aromatic heterocycles. The monoisotopic (exact) mass is 252 g/mol. The highest BCUT2D eigenvalue weighted by Gasteiger charge is 2.06. The van der Waals surface area contributed by atoms with E-state index in [0.29, 0.717) is 0 Å². The molecule has 1 heterocycles. The second-order valence-corrected chi connectivity index (χ2v) is 3.29. The van der Waals surface area contributed by atoms with Crippen molar-refractivity contribution in [3.05, 3.63) is 50.9 Å². The Balaban J connectivity index is 2.78. The molecule has 0 aliphatic rings. The van der Waals surface area contributed by atoms with Crippen LogP contribution in [0.5, 0.6) is 0 Å². The van der Waals surface area contributed by atoms with Crippen molar-refractivity contribution in [3.8, 4) is 0 Å². The van der Waals surface area contributed by atoms with Gasteiger partial charge in [-0.2, -0.15) is 0 Å². The highest BCUT2D eigenvalue weighted by atomic mass is 16.6. The maximum atomic E-state index is 11.4. The van der Waals surface area contributed by atoms with Gasteiger partial charge in [-0.1, -0.05) is 6.08 Å². The zero-order chi connectivity index (χ0) is 13.5. The third-order valence-electron chi connectivity index (χ3n) is 2.02. The standard InChI is InChI=1S/C11H12N2O5/c1-2-18-11(15)4-3-7-12-8-9(13(16)17)5-6-10(12)14/h3-6,8H,2,7H2,1H3/b4-3+. The van der Waals surface area contributed by atoms with Gasteiger partial charge < -0.3 is 9.30 Å². The quantitative estimate of drug-likeness (QED) is 0.335. The van der Waals surface area contributed by atoms with E-state index in [-0.39, 0.29) is 24.4 Å². The fourth-order valence-electron chi connectivity index (χ4n) is 1.22. The molecule has 1 rings (SSSR count). The maximum absolute atomic E-state index is 11.4. The van der Waals surface area contributed by atoms with Crippen LogP contribution >= 0.6 is 0 Å². The molecular weight excluding hydrogens is 240 g/mol. The summed E-state index contributed by atoms with van der Waals surface area (Å²) in [6.07, 6.45) is 3.70. The van der Waals surface area contributed by atoms with Crippen molar-refractivity contribution in [1.82, 2.24) is 4.57 Å². The summed E-state index contributed by atoms with van der Waals surface area (Å²) < 4.78 is 5.78. The molecule has 1 aromatic rings. The number of nitro groups is 1. The highest BCUT2D eigenvalue weighted by Crippen LogP contribution is 2.06. The Hall–Kier alpha value is -2.44. The fraction of sp³-hybridized carbons (Fsp3) is 0.273. The average Bonchev–Trinajstić information content (AvgIpc) is 2.31. The van der Waals surface area contributed by atoms with Gasteiger partial charge >= 0.3 is 5.97 Å². The summed E-state index contributed by atoms with van der Waals surface area (Å²) in [6, 6.07) is 2.24. The number of allylic oxidation sites excluding steroid dienone is 1. The Labute approximate surface area is 102 Å². The zero-order valence-electron chi connectivity index (χ0n) is 9.74. The van der Waals surface area contributed by atoms with E-state index in [1.807, 2.05) is 0 Å². The maximum Gasteiger partial charge on any atom is 0.330 e. The first kappa shape index (κ1) is 13.6. The van der Waals surface area contributed by atoms with Gasteiger partial charge in [0.05, 0.1) is 17.7 Å². The number of hydrogen-bond acceptors (Lipinski definition) is 5. The molecule has 7 heteroatoms. The predicted octanol–water partition coefficient (Wildman–Crippen LogP) is 0.876. The summed E-state index contributed by atoms with van der Waals surface area (Å²) in [5.74, 6) is -0.518. The summed E-state index contributed by atoms with van der Waals surface area (Å²) in [7, 11) is 0. The highest BCUT2D eigenvalue weighted by molar-refractivity contribution is 5.81. The first-order chi connectivity index (χ1) is 8.54. The van der Waals surface area contributed by atoms with Gasteiger partial charge in [0.2, 0.25) is 0 Å². The Morgan fingerprint density at radius 3 is 2.89 bits per heavy atom. The van der Waals surface area contributed by atoms with Crippen LogP contribution in [0.15, 0.2) is 35.3 Å². The minimum absolute atomic E-state index is 0.0688. The molecule has 0 unspecified atom stereocenters. The molecule has 0 fully saturated rings. The third kappa shape index (κ3) is 3.85. The second-order valence-electron chi connectivity index (χ2n) is 3.29. The molecule has 0 atom stereocenters. The average molecular weight is 252 g/mol. The van der Waals surface area contributed by atoms with Crippen molar-refractivity contribution in [2.45, 2.75) is 13.5 Å². The van der Waals surface area contributed by atoms with Crippen molar-refractivity contribution in [3.63, 3.8) is 0 Å². The van der Waals surface area contributed by atoms with Crippen LogP contribution in [0.4, 0.5) is 5.69 Å². The van der Waals surface area contributed by atoms with Crippen LogP contribution in [0.1, 0.15) is 6.92 Å². The zero-order valence-corrected chi connectivity index (χ0v) is 9.74. The van der Waals surface area contributed by atoms with Crippen LogP contribution in [-0.4, -0.2) is 22.1 Å². The van der Waals surface area contributed by atoms with Crippen molar-refractivity contribution in [1.29, 1.82) is 0 Å². The normalized spacial score (nSPS) is 10.5. The van der Waals surface area contributed by atoms with Gasteiger partial charge in [-0.25, -0.2) is 4.79 Å². The van der Waals surface area contributed by atoms with Crippen LogP contribution in [0.25, 0.3) is 0 Å². The summed E-state index contributed by atoms with van der Waals surface area (Å²) in [5, 5.41) is 10.5. The Morgan fingerprint density at radius 2 is 2.28 bits per heavy atom. The van der Waals surface area contributed by atoms with Gasteiger partial charge in [0.1, 0.15) is 0 Å². The van der Waals surface area contributed by atoms with Crippen LogP contribution < -0.4 is 5.56 Å². The van der Waals surface area contributed by atoms with Crippen LogP contribution in [0.2, 0.25) is 0 Å². The van der Waals surface area contributed by atoms with Gasteiger partial charge in [-0.15, -0.1) is 0 Å². The number of carbonyl (C=O) groups excluding carboxylic acids is 1. The van der Waals surface area contributed by atoms with Gasteiger partial charge in [-0.3, -0.25) is 14.9 Å². The number of carbonyl (C=O) groups is 1. The molecule has 0 saturated carbocycles. The lowest BCUT2D eigenvalue weighted by Crippen LogP contribution is -2.18. The van der Waals surface area contributed by atoms with E-state index < -0.39 is 10.9 Å². The number of nitrogens with zero attached hydrogens (tertiary/aromatic N) is 2. The third-order valence-corrected chi connectivity index (χ3v) is 2.02. The lowest BCUT2D eigenvalue weighted by Gasteiger charge is -2.00. The van der Waals surface area contributed by atoms with Crippen molar-refractivity contribution >= 4 is 11.7 Å². The summed E-state index contributed by atoms with van der Waals surface area (Å²) in [4.78, 5) is 32.3. The van der Waals surface area contributed by atoms with Gasteiger partial charge in [0.15, 0.2) is 0 Å². The molecule has 0 aromatic carbocycles. The largest absolute Gasteiger partial charge is 0.463 e. The van der Waals surface area contributed by atoms with Crippen molar-refractivity contribution in [2.75, 3.05) is 6.61 Å². The molecule has 96 valence electrons. The molecule has 0 amide bonds. The van der Waals surface area contributed by atoms with Crippen LogP contribution in [-0.2, 0) is 16.1 Å². The van der Waals surface area contributed by atoms with E-state index in [9.17, 15) is 19.7 Å². The van der Waals surface area contributed by atoms with E-state index in [2.05, 4.69) is 4.74 Å². The number of aromatic nitrogens is 1. The lowest BCUT2D eigenvalue weighted by atomic mass is 10.4. The molecule has 7 nitrogen and oxygen atoms in total. The summed E-state index contributed by atoms with van der Waals surface area (Å²) in [6.45, 7) is 2.01. The Morgan fingerprint density at radius 1 is 1.56 bits per heavy atom. The number of esters is 1. The molecule has 0 radical (unpaired) electrons. The smallest absolute Gasteiger partial charge is 0.330 e. The van der Waals surface area contributed by atoms with Crippen molar-refractivity contribution < 1.29 is 14.5 Å². The molecule has 0 spiro atoms. The molecule has 0 N–H and O–H groups in total. The van der Waals surface area contributed by atoms with E-state index in [1.54, 1.807) is 6.92 Å². The van der Waals surface area contributed by atoms with Crippen LogP contribution in [0.3, 0.4) is 0 Å². The summed E-state index contributed by atoms with van der Waals surface area (Å²) >= 11 is 0. The topological polar surface area (TPSA) is 91.4 Å². The number of rotatable bonds is 5. The van der Waals surface area contributed by atoms with Gasteiger partial charge in [0, 0.05) is 24.8 Å². The van der Waals surface area contributed by atoms with Gasteiger partial charge in [-0.05, 0) is 6.92 Å². The fourth-order valence-corrected chi connectivity index (χ4v) is 1.22. The Bertz CT molecular complexity index is 532. The van der Waals surface area contributed by atoms with E-state index in [0.717, 1.165) is 22.9 Å². The van der Waals surface area contributed by atoms with E-state index in [4.69, 9.17) is 0 Å². The number of pyridine rings is 1. The second kappa shape index (κ2) is 6.33. The van der Waals surface area contributed by atoms with Gasteiger partial charge in [0.25, 0.3) is 11.2 Å². The molecule has 0 bridgehead atoms. The minimum Gasteiger partial charge on any atom is -0.463 e. The SMILES string of the molecule is CCOC(=O)/C=C/Cn1cc([N+](=O)[O-])ccc1=O. The molecule has 0 aliphatic carbocycles. The predicted molar refractivity (Wildman–Crippen MR) is 63.1 cm³/mol. The van der Waals surface area contributed by atoms with E-state index in [1.165, 1.54) is 12.2 Å². The number of ether oxygens (including phenoxy) is 1. The summed E-state index contributed by atoms with van der Waals surface area (Å²) in [5.41, 5.74) is -0.562. The van der Waals surface area contributed by atoms with Crippen molar-refractivity contribution in [2.24, 2.45) is 0 Å². The first-order valence-electron chi connectivity index (χ1n) is 5.22. The molecule has 18 heavy (non-hydrogen) atoms. The minimum atomic E-state index is -0.592. The van der Waals surface area contributed by atoms with Crippen LogP contribution in [0, 0.1) is 10.1 Å². The Kier molecular flexibility index (Phi) is 4.79. The first-order valence-corrected chi connectivity index (χ1v) is 5.22. The molecule has 0 saturated heterocycles. The molecular formula is C11H12N2O5. The van der Waals surface area contributed by atoms with E-state index >= 15 is 0 Å². The number of hydrogen-bond donors (Lipinski definition) is 0. The lowest BCUT2D eigenvalue weighted by molar-refractivity contribution is -0.385.